The summed E-state index contributed by atoms with van der Waals surface area (Å²) in [6, 6.07) is 21.0. The van der Waals surface area contributed by atoms with E-state index < -0.39 is 0 Å². The van der Waals surface area contributed by atoms with Gasteiger partial charge >= 0.3 is 0 Å². The molecule has 2 aromatic rings. The maximum Gasteiger partial charge on any atom is 0.155 e. The molecule has 0 bridgehead atoms. The third-order valence-corrected chi connectivity index (χ3v) is 7.42. The Morgan fingerprint density at radius 3 is 1.82 bits per heavy atom. The van der Waals surface area contributed by atoms with Gasteiger partial charge < -0.3 is 0 Å². The van der Waals surface area contributed by atoms with Crippen molar-refractivity contribution >= 4 is 11.6 Å². The summed E-state index contributed by atoms with van der Waals surface area (Å²) in [6.07, 6.45) is 17.2. The summed E-state index contributed by atoms with van der Waals surface area (Å²) in [5.41, 5.74) is 4.07. The summed E-state index contributed by atoms with van der Waals surface area (Å²) in [5, 5.41) is 0. The molecule has 0 aliphatic rings. The molecule has 2 rings (SSSR count). The van der Waals surface area contributed by atoms with Gasteiger partial charge in [-0.2, -0.15) is 0 Å². The Morgan fingerprint density at radius 1 is 0.711 bits per heavy atom. The first-order chi connectivity index (χ1) is 18.3. The molecule has 38 heavy (non-hydrogen) atoms. The van der Waals surface area contributed by atoms with Crippen molar-refractivity contribution < 1.29 is 9.59 Å². The van der Waals surface area contributed by atoms with E-state index in [1.165, 1.54) is 61.6 Å². The molecule has 0 radical (unpaired) electrons. The minimum absolute atomic E-state index is 0.174. The van der Waals surface area contributed by atoms with Crippen LogP contribution in [0.2, 0.25) is 0 Å². The van der Waals surface area contributed by atoms with Crippen molar-refractivity contribution in [3.8, 4) is 0 Å². The standard InChI is InChI=1S/C22H36O.C14H18O/c1-4-6-7-8-9-13-17-22(3,19-21(23)5-2)18-16-20-14-11-10-12-15-20;1-3-14(15)11-12(2)9-10-13-7-5-4-6-8-13/h10-12,14-15H,4-9,13,16-19H2,1-3H3;4-8,11H,3,9-10H2,1-2H3/b;12-11+/t22-;/m0./s1. The number of hydrogen-bond acceptors (Lipinski definition) is 2. The van der Waals surface area contributed by atoms with Crippen LogP contribution in [0.3, 0.4) is 0 Å². The van der Waals surface area contributed by atoms with Crippen molar-refractivity contribution in [2.75, 3.05) is 0 Å². The Hall–Kier alpha value is -2.48. The lowest BCUT2D eigenvalue weighted by Crippen LogP contribution is -2.22. The molecule has 0 heterocycles. The largest absolute Gasteiger partial charge is 0.300 e. The second-order valence-electron chi connectivity index (χ2n) is 11.2. The highest BCUT2D eigenvalue weighted by Gasteiger charge is 2.26. The van der Waals surface area contributed by atoms with Crippen LogP contribution in [0.5, 0.6) is 0 Å². The molecule has 0 spiro atoms. The lowest BCUT2D eigenvalue weighted by atomic mass is 9.75. The van der Waals surface area contributed by atoms with Crippen LogP contribution in [-0.2, 0) is 22.4 Å². The molecular weight excluding hydrogens is 464 g/mol. The molecule has 0 aliphatic heterocycles. The lowest BCUT2D eigenvalue weighted by Gasteiger charge is -2.29. The zero-order chi connectivity index (χ0) is 28.1. The summed E-state index contributed by atoms with van der Waals surface area (Å²) < 4.78 is 0. The predicted molar refractivity (Wildman–Crippen MR) is 165 cm³/mol. The molecule has 0 aliphatic carbocycles. The second kappa shape index (κ2) is 20.5. The van der Waals surface area contributed by atoms with Crippen LogP contribution in [0.1, 0.15) is 123 Å². The van der Waals surface area contributed by atoms with E-state index in [0.717, 1.165) is 32.1 Å². The van der Waals surface area contributed by atoms with Crippen LogP contribution in [0.25, 0.3) is 0 Å². The van der Waals surface area contributed by atoms with E-state index in [0.29, 0.717) is 18.6 Å². The first-order valence-electron chi connectivity index (χ1n) is 15.1. The van der Waals surface area contributed by atoms with Crippen LogP contribution in [0.15, 0.2) is 72.3 Å². The summed E-state index contributed by atoms with van der Waals surface area (Å²) in [5.74, 6) is 0.645. The number of benzene rings is 2. The minimum atomic E-state index is 0.174. The number of allylic oxidation sites excluding steroid dienone is 2. The number of ketones is 2. The van der Waals surface area contributed by atoms with Gasteiger partial charge in [0, 0.05) is 19.3 Å². The van der Waals surface area contributed by atoms with E-state index in [9.17, 15) is 9.59 Å². The van der Waals surface area contributed by atoms with E-state index in [1.807, 2.05) is 39.0 Å². The van der Waals surface area contributed by atoms with Gasteiger partial charge in [0.25, 0.3) is 0 Å². The van der Waals surface area contributed by atoms with Gasteiger partial charge in [0.1, 0.15) is 5.78 Å². The van der Waals surface area contributed by atoms with Crippen LogP contribution in [-0.4, -0.2) is 11.6 Å². The number of Topliss-reactive ketones (excluding diaryl/α,β-unsaturated/α-hetero) is 1. The quantitative estimate of drug-likeness (QED) is 0.145. The molecule has 0 unspecified atom stereocenters. The van der Waals surface area contributed by atoms with Crippen LogP contribution < -0.4 is 0 Å². The highest BCUT2D eigenvalue weighted by atomic mass is 16.1. The fourth-order valence-corrected chi connectivity index (χ4v) is 4.76. The Kier molecular flexibility index (Phi) is 18.1. The molecule has 2 nitrogen and oxygen atoms in total. The van der Waals surface area contributed by atoms with Gasteiger partial charge in [-0.1, -0.05) is 132 Å². The van der Waals surface area contributed by atoms with Gasteiger partial charge in [0.2, 0.25) is 0 Å². The van der Waals surface area contributed by atoms with E-state index >= 15 is 0 Å². The number of rotatable bonds is 18. The molecule has 0 amide bonds. The maximum absolute atomic E-state index is 12.0. The number of carbonyl (C=O) groups is 2. The van der Waals surface area contributed by atoms with Crippen molar-refractivity contribution in [1.29, 1.82) is 0 Å². The zero-order valence-corrected chi connectivity index (χ0v) is 25.1. The molecule has 210 valence electrons. The molecule has 0 fully saturated rings. The second-order valence-corrected chi connectivity index (χ2v) is 11.2. The molecule has 2 heteroatoms. The van der Waals surface area contributed by atoms with Crippen LogP contribution in [0, 0.1) is 5.41 Å². The van der Waals surface area contributed by atoms with E-state index in [1.54, 1.807) is 6.08 Å². The number of carbonyl (C=O) groups excluding carboxylic acids is 2. The van der Waals surface area contributed by atoms with Crippen molar-refractivity contribution in [3.63, 3.8) is 0 Å². The Balaban J connectivity index is 0.000000415. The fourth-order valence-electron chi connectivity index (χ4n) is 4.76. The Morgan fingerprint density at radius 2 is 1.26 bits per heavy atom. The average molecular weight is 519 g/mol. The van der Waals surface area contributed by atoms with Gasteiger partial charge in [-0.25, -0.2) is 0 Å². The number of unbranched alkanes of at least 4 members (excludes halogenated alkanes) is 5. The van der Waals surface area contributed by atoms with Crippen LogP contribution >= 0.6 is 0 Å². The van der Waals surface area contributed by atoms with Gasteiger partial charge in [0.15, 0.2) is 5.78 Å². The fraction of sp³-hybridized carbons (Fsp3) is 0.556. The maximum atomic E-state index is 12.0. The predicted octanol–water partition coefficient (Wildman–Crippen LogP) is 10.3. The summed E-state index contributed by atoms with van der Waals surface area (Å²) in [4.78, 5) is 23.2. The van der Waals surface area contributed by atoms with Gasteiger partial charge in [0.05, 0.1) is 0 Å². The van der Waals surface area contributed by atoms with Gasteiger partial charge in [-0.05, 0) is 61.6 Å². The van der Waals surface area contributed by atoms with E-state index in [2.05, 4.69) is 56.3 Å². The number of hydrogen-bond donors (Lipinski definition) is 0. The lowest BCUT2D eigenvalue weighted by molar-refractivity contribution is -0.121. The first kappa shape index (κ1) is 33.5. The summed E-state index contributed by atoms with van der Waals surface area (Å²) in [6.45, 7) is 10.5. The molecular formula is C36H54O2. The molecule has 0 saturated heterocycles. The van der Waals surface area contributed by atoms with Gasteiger partial charge in [-0.3, -0.25) is 9.59 Å². The van der Waals surface area contributed by atoms with Crippen molar-refractivity contribution in [2.45, 2.75) is 125 Å². The third kappa shape index (κ3) is 16.4. The summed E-state index contributed by atoms with van der Waals surface area (Å²) >= 11 is 0. The monoisotopic (exact) mass is 518 g/mol. The Labute approximate surface area is 234 Å². The third-order valence-electron chi connectivity index (χ3n) is 7.42. The normalized spacial score (nSPS) is 12.8. The zero-order valence-electron chi connectivity index (χ0n) is 25.1. The summed E-state index contributed by atoms with van der Waals surface area (Å²) in [7, 11) is 0. The Bertz CT molecular complexity index is 913. The van der Waals surface area contributed by atoms with Crippen molar-refractivity contribution in [1.82, 2.24) is 0 Å². The van der Waals surface area contributed by atoms with Gasteiger partial charge in [-0.15, -0.1) is 0 Å². The molecule has 1 atom stereocenters. The highest BCUT2D eigenvalue weighted by Crippen LogP contribution is 2.35. The van der Waals surface area contributed by atoms with E-state index in [4.69, 9.17) is 0 Å². The minimum Gasteiger partial charge on any atom is -0.300 e. The average Bonchev–Trinajstić information content (AvgIpc) is 2.94. The molecule has 0 saturated carbocycles. The molecule has 0 N–H and O–H groups in total. The van der Waals surface area contributed by atoms with Crippen molar-refractivity contribution in [3.05, 3.63) is 83.4 Å². The molecule has 0 aromatic heterocycles. The van der Waals surface area contributed by atoms with Crippen LogP contribution in [0.4, 0.5) is 0 Å². The smallest absolute Gasteiger partial charge is 0.155 e. The first-order valence-corrected chi connectivity index (χ1v) is 15.1. The van der Waals surface area contributed by atoms with Crippen molar-refractivity contribution in [2.24, 2.45) is 5.41 Å². The van der Waals surface area contributed by atoms with E-state index in [-0.39, 0.29) is 11.2 Å². The highest BCUT2D eigenvalue weighted by molar-refractivity contribution is 5.89. The topological polar surface area (TPSA) is 34.1 Å². The number of aryl methyl sites for hydroxylation is 2. The molecule has 2 aromatic carbocycles. The SMILES string of the molecule is CCC(=O)/C=C(\C)CCc1ccccc1.CCCCCCCC[C@@](C)(CCc1ccccc1)CC(=O)CC.